The van der Waals surface area contributed by atoms with E-state index in [1.165, 1.54) is 13.2 Å². The molecule has 0 bridgehead atoms. The Morgan fingerprint density at radius 2 is 2.10 bits per heavy atom. The zero-order valence-electron chi connectivity index (χ0n) is 12.7. The number of methoxy groups -OCH3 is 1. The molecule has 1 N–H and O–H groups in total. The van der Waals surface area contributed by atoms with E-state index >= 15 is 0 Å². The van der Waals surface area contributed by atoms with Gasteiger partial charge in [0.05, 0.1) is 13.7 Å². The van der Waals surface area contributed by atoms with E-state index in [0.29, 0.717) is 18.0 Å². The van der Waals surface area contributed by atoms with Gasteiger partial charge in [0.2, 0.25) is 10.0 Å². The fourth-order valence-corrected chi connectivity index (χ4v) is 4.69. The molecule has 21 heavy (non-hydrogen) atoms. The Hall–Kier alpha value is -1.11. The third-order valence-corrected chi connectivity index (χ3v) is 6.13. The molecule has 2 unspecified atom stereocenters. The number of aliphatic hydroxyl groups is 1. The molecule has 5 nitrogen and oxygen atoms in total. The minimum atomic E-state index is -3.58. The molecule has 1 saturated heterocycles. The fourth-order valence-electron chi connectivity index (χ4n) is 2.89. The standard InChI is InChI=1S/C15H23NO4S/c1-11-6-7-16(12(2)8-11)21(18,19)15-5-4-13(10-17)9-14(15)20-3/h4-5,9,11-12,17H,6-8,10H2,1-3H3. The van der Waals surface area contributed by atoms with Crippen molar-refractivity contribution in [2.75, 3.05) is 13.7 Å². The molecular formula is C15H23NO4S. The van der Waals surface area contributed by atoms with Crippen LogP contribution in [-0.4, -0.2) is 37.5 Å². The second-order valence-electron chi connectivity index (χ2n) is 5.74. The minimum absolute atomic E-state index is 0.0130. The van der Waals surface area contributed by atoms with Gasteiger partial charge in [-0.2, -0.15) is 4.31 Å². The van der Waals surface area contributed by atoms with Crippen molar-refractivity contribution >= 4 is 10.0 Å². The van der Waals surface area contributed by atoms with E-state index in [4.69, 9.17) is 9.84 Å². The van der Waals surface area contributed by atoms with Gasteiger partial charge >= 0.3 is 0 Å². The van der Waals surface area contributed by atoms with E-state index in [9.17, 15) is 8.42 Å². The Bertz CT molecular complexity index is 600. The molecule has 2 atom stereocenters. The first kappa shape index (κ1) is 16.3. The predicted molar refractivity (Wildman–Crippen MR) is 80.7 cm³/mol. The van der Waals surface area contributed by atoms with Crippen LogP contribution in [-0.2, 0) is 16.6 Å². The summed E-state index contributed by atoms with van der Waals surface area (Å²) in [6, 6.07) is 4.70. The van der Waals surface area contributed by atoms with Crippen molar-refractivity contribution in [2.45, 2.75) is 44.2 Å². The van der Waals surface area contributed by atoms with E-state index < -0.39 is 10.0 Å². The van der Waals surface area contributed by atoms with Crippen LogP contribution in [0.3, 0.4) is 0 Å². The first-order valence-electron chi connectivity index (χ1n) is 7.19. The molecule has 1 aromatic rings. The number of hydrogen-bond donors (Lipinski definition) is 1. The van der Waals surface area contributed by atoms with Gasteiger partial charge in [-0.1, -0.05) is 13.0 Å². The zero-order valence-corrected chi connectivity index (χ0v) is 13.6. The second kappa shape index (κ2) is 6.34. The van der Waals surface area contributed by atoms with Gasteiger partial charge in [0.1, 0.15) is 10.6 Å². The molecule has 0 radical (unpaired) electrons. The number of sulfonamides is 1. The molecule has 1 fully saturated rings. The van der Waals surface area contributed by atoms with Crippen molar-refractivity contribution in [1.29, 1.82) is 0 Å². The summed E-state index contributed by atoms with van der Waals surface area (Å²) in [4.78, 5) is 0.170. The molecular weight excluding hydrogens is 290 g/mol. The van der Waals surface area contributed by atoms with Gasteiger partial charge in [-0.3, -0.25) is 0 Å². The summed E-state index contributed by atoms with van der Waals surface area (Å²) in [6.07, 6.45) is 1.75. The first-order chi connectivity index (χ1) is 9.90. The lowest BCUT2D eigenvalue weighted by atomic mass is 9.95. The van der Waals surface area contributed by atoms with Crippen LogP contribution in [0.4, 0.5) is 0 Å². The highest BCUT2D eigenvalue weighted by Crippen LogP contribution is 2.32. The van der Waals surface area contributed by atoms with Gasteiger partial charge in [-0.15, -0.1) is 0 Å². The molecule has 1 aliphatic heterocycles. The molecule has 0 spiro atoms. The number of rotatable bonds is 4. The zero-order chi connectivity index (χ0) is 15.6. The third-order valence-electron chi connectivity index (χ3n) is 4.07. The highest BCUT2D eigenvalue weighted by Gasteiger charge is 2.34. The normalized spacial score (nSPS) is 24.0. The number of piperidine rings is 1. The number of hydrogen-bond acceptors (Lipinski definition) is 4. The van der Waals surface area contributed by atoms with Crippen molar-refractivity contribution in [3.63, 3.8) is 0 Å². The summed E-state index contributed by atoms with van der Waals surface area (Å²) in [5.41, 5.74) is 0.631. The average molecular weight is 313 g/mol. The van der Waals surface area contributed by atoms with Crippen LogP contribution in [0, 0.1) is 5.92 Å². The van der Waals surface area contributed by atoms with Crippen LogP contribution in [0.25, 0.3) is 0 Å². The van der Waals surface area contributed by atoms with Gasteiger partial charge in [0.15, 0.2) is 0 Å². The SMILES string of the molecule is COc1cc(CO)ccc1S(=O)(=O)N1CCC(C)CC1C. The highest BCUT2D eigenvalue weighted by atomic mass is 32.2. The van der Waals surface area contributed by atoms with E-state index in [1.54, 1.807) is 16.4 Å². The first-order valence-corrected chi connectivity index (χ1v) is 8.63. The molecule has 6 heteroatoms. The van der Waals surface area contributed by atoms with Crippen molar-refractivity contribution in [3.8, 4) is 5.75 Å². The molecule has 118 valence electrons. The largest absolute Gasteiger partial charge is 0.495 e. The van der Waals surface area contributed by atoms with Crippen LogP contribution < -0.4 is 4.74 Å². The summed E-state index contributed by atoms with van der Waals surface area (Å²) in [6.45, 7) is 4.49. The van der Waals surface area contributed by atoms with E-state index in [2.05, 4.69) is 6.92 Å². The Balaban J connectivity index is 2.39. The molecule has 0 aliphatic carbocycles. The smallest absolute Gasteiger partial charge is 0.246 e. The lowest BCUT2D eigenvalue weighted by molar-refractivity contribution is 0.219. The molecule has 1 aromatic carbocycles. The second-order valence-corrected chi connectivity index (χ2v) is 7.60. The Labute approximate surface area is 126 Å². The number of benzene rings is 1. The van der Waals surface area contributed by atoms with Gasteiger partial charge in [0.25, 0.3) is 0 Å². The minimum Gasteiger partial charge on any atom is -0.495 e. The molecule has 0 aromatic heterocycles. The Morgan fingerprint density at radius 1 is 1.38 bits per heavy atom. The molecule has 0 amide bonds. The predicted octanol–water partition coefficient (Wildman–Crippen LogP) is 2.00. The number of ether oxygens (including phenoxy) is 1. The van der Waals surface area contributed by atoms with Gasteiger partial charge < -0.3 is 9.84 Å². The number of nitrogens with zero attached hydrogens (tertiary/aromatic N) is 1. The van der Waals surface area contributed by atoms with Crippen molar-refractivity contribution in [3.05, 3.63) is 23.8 Å². The van der Waals surface area contributed by atoms with Crippen LogP contribution in [0.15, 0.2) is 23.1 Å². The number of aliphatic hydroxyl groups excluding tert-OH is 1. The van der Waals surface area contributed by atoms with Gasteiger partial charge in [-0.05, 0) is 43.4 Å². The summed E-state index contributed by atoms with van der Waals surface area (Å²) in [5.74, 6) is 0.831. The Morgan fingerprint density at radius 3 is 2.67 bits per heavy atom. The third kappa shape index (κ3) is 3.22. The van der Waals surface area contributed by atoms with E-state index in [0.717, 1.165) is 12.8 Å². The average Bonchev–Trinajstić information content (AvgIpc) is 2.46. The molecule has 2 rings (SSSR count). The maximum Gasteiger partial charge on any atom is 0.246 e. The maximum atomic E-state index is 12.9. The van der Waals surface area contributed by atoms with E-state index in [1.807, 2.05) is 6.92 Å². The summed E-state index contributed by atoms with van der Waals surface area (Å²) >= 11 is 0. The topological polar surface area (TPSA) is 66.8 Å². The van der Waals surface area contributed by atoms with Crippen molar-refractivity contribution in [2.24, 2.45) is 5.92 Å². The van der Waals surface area contributed by atoms with Gasteiger partial charge in [-0.25, -0.2) is 8.42 Å². The maximum absolute atomic E-state index is 12.9. The lowest BCUT2D eigenvalue weighted by Gasteiger charge is -2.35. The van der Waals surface area contributed by atoms with Crippen molar-refractivity contribution < 1.29 is 18.3 Å². The van der Waals surface area contributed by atoms with Crippen molar-refractivity contribution in [1.82, 2.24) is 4.31 Å². The quantitative estimate of drug-likeness (QED) is 0.923. The highest BCUT2D eigenvalue weighted by molar-refractivity contribution is 7.89. The monoisotopic (exact) mass is 313 g/mol. The molecule has 0 saturated carbocycles. The molecule has 1 aliphatic rings. The summed E-state index contributed by atoms with van der Waals surface area (Å²) in [5, 5.41) is 9.16. The van der Waals surface area contributed by atoms with Crippen LogP contribution >= 0.6 is 0 Å². The van der Waals surface area contributed by atoms with Crippen LogP contribution in [0.2, 0.25) is 0 Å². The van der Waals surface area contributed by atoms with Crippen LogP contribution in [0.1, 0.15) is 32.3 Å². The summed E-state index contributed by atoms with van der Waals surface area (Å²) < 4.78 is 32.5. The Kier molecular flexibility index (Phi) is 4.91. The van der Waals surface area contributed by atoms with E-state index in [-0.39, 0.29) is 23.3 Å². The van der Waals surface area contributed by atoms with Crippen LogP contribution in [0.5, 0.6) is 5.75 Å². The molecule has 1 heterocycles. The summed E-state index contributed by atoms with van der Waals surface area (Å²) in [7, 11) is -2.13. The van der Waals surface area contributed by atoms with Gasteiger partial charge in [0, 0.05) is 12.6 Å². The lowest BCUT2D eigenvalue weighted by Crippen LogP contribution is -2.44. The fraction of sp³-hybridized carbons (Fsp3) is 0.600.